The zero-order chi connectivity index (χ0) is 15.9. The molecule has 1 N–H and O–H groups in total. The number of halogens is 3. The molecule has 1 aromatic carbocycles. The van der Waals surface area contributed by atoms with E-state index in [-0.39, 0.29) is 27.2 Å². The van der Waals surface area contributed by atoms with Crippen LogP contribution in [0.4, 0.5) is 8.78 Å². The topological polar surface area (TPSA) is 69.5 Å². The summed E-state index contributed by atoms with van der Waals surface area (Å²) in [7, 11) is 0. The van der Waals surface area contributed by atoms with Gasteiger partial charge in [-0.25, -0.2) is 13.8 Å². The van der Waals surface area contributed by atoms with Crippen LogP contribution < -0.4 is 0 Å². The lowest BCUT2D eigenvalue weighted by atomic mass is 10.0. The molecular weight excluding hydrogens is 312 g/mol. The number of H-pyrrole nitrogens is 1. The number of carbonyl (C=O) groups excluding carboxylic acids is 1. The van der Waals surface area contributed by atoms with Gasteiger partial charge in [-0.15, -0.1) is 0 Å². The fraction of sp³-hybridized carbons (Fsp3) is 0. The SMILES string of the molecule is N#Cc1cnc2[nH]cc(C(=O)c3c(F)cccc3F)c2c1Cl. The summed E-state index contributed by atoms with van der Waals surface area (Å²) in [5.74, 6) is -2.82. The molecule has 0 aliphatic rings. The molecule has 0 aliphatic heterocycles. The number of aromatic amines is 1. The predicted octanol–water partition coefficient (Wildman–Crippen LogP) is 3.60. The van der Waals surface area contributed by atoms with Crippen molar-refractivity contribution < 1.29 is 13.6 Å². The number of rotatable bonds is 2. The van der Waals surface area contributed by atoms with Crippen molar-refractivity contribution in [2.24, 2.45) is 0 Å². The number of hydrogen-bond donors (Lipinski definition) is 1. The van der Waals surface area contributed by atoms with Gasteiger partial charge in [-0.1, -0.05) is 17.7 Å². The van der Waals surface area contributed by atoms with Crippen molar-refractivity contribution in [3.05, 3.63) is 63.9 Å². The predicted molar refractivity (Wildman–Crippen MR) is 75.6 cm³/mol. The fourth-order valence-corrected chi connectivity index (χ4v) is 2.45. The number of hydrogen-bond acceptors (Lipinski definition) is 3. The fourth-order valence-electron chi connectivity index (χ4n) is 2.16. The van der Waals surface area contributed by atoms with Crippen LogP contribution in [0, 0.1) is 23.0 Å². The van der Waals surface area contributed by atoms with Crippen LogP contribution in [-0.4, -0.2) is 15.8 Å². The Balaban J connectivity index is 2.27. The Morgan fingerprint density at radius 2 is 2.00 bits per heavy atom. The Hall–Kier alpha value is -2.78. The first-order chi connectivity index (χ1) is 10.5. The van der Waals surface area contributed by atoms with Gasteiger partial charge >= 0.3 is 0 Å². The minimum atomic E-state index is -0.972. The number of ketones is 1. The number of nitrogens with one attached hydrogen (secondary N) is 1. The van der Waals surface area contributed by atoms with E-state index in [1.807, 2.05) is 6.07 Å². The van der Waals surface area contributed by atoms with Crippen molar-refractivity contribution in [1.29, 1.82) is 5.26 Å². The summed E-state index contributed by atoms with van der Waals surface area (Å²) >= 11 is 6.08. The standard InChI is InChI=1S/C15H6ClF2N3O/c16-13-7(4-19)5-20-15-11(13)8(6-21-15)14(22)12-9(17)2-1-3-10(12)18/h1-3,5-6H,(H,20,21). The van der Waals surface area contributed by atoms with Gasteiger partial charge in [0, 0.05) is 17.8 Å². The quantitative estimate of drug-likeness (QED) is 0.734. The number of pyridine rings is 1. The molecule has 0 radical (unpaired) electrons. The summed E-state index contributed by atoms with van der Waals surface area (Å²) in [5, 5.41) is 9.13. The molecule has 0 bridgehead atoms. The normalized spacial score (nSPS) is 10.6. The number of benzene rings is 1. The van der Waals surface area contributed by atoms with Crippen LogP contribution in [0.2, 0.25) is 5.02 Å². The monoisotopic (exact) mass is 317 g/mol. The van der Waals surface area contributed by atoms with Crippen molar-refractivity contribution in [1.82, 2.24) is 9.97 Å². The van der Waals surface area contributed by atoms with E-state index in [2.05, 4.69) is 9.97 Å². The first-order valence-corrected chi connectivity index (χ1v) is 6.46. The molecule has 0 aliphatic carbocycles. The first kappa shape index (κ1) is 14.2. The van der Waals surface area contributed by atoms with Crippen molar-refractivity contribution in [2.45, 2.75) is 0 Å². The van der Waals surface area contributed by atoms with Crippen LogP contribution in [-0.2, 0) is 0 Å². The van der Waals surface area contributed by atoms with E-state index >= 15 is 0 Å². The molecule has 0 fully saturated rings. The third kappa shape index (κ3) is 2.03. The smallest absolute Gasteiger partial charge is 0.201 e. The summed E-state index contributed by atoms with van der Waals surface area (Å²) in [5.41, 5.74) is -0.406. The maximum Gasteiger partial charge on any atom is 0.201 e. The number of nitriles is 1. The molecule has 2 aromatic heterocycles. The van der Waals surface area contributed by atoms with Crippen LogP contribution in [0.5, 0.6) is 0 Å². The van der Waals surface area contributed by atoms with Crippen LogP contribution in [0.25, 0.3) is 11.0 Å². The van der Waals surface area contributed by atoms with Crippen LogP contribution in [0.3, 0.4) is 0 Å². The van der Waals surface area contributed by atoms with Gasteiger partial charge in [0.15, 0.2) is 0 Å². The average Bonchev–Trinajstić information content (AvgIpc) is 2.92. The van der Waals surface area contributed by atoms with Gasteiger partial charge in [0.25, 0.3) is 0 Å². The highest BCUT2D eigenvalue weighted by Gasteiger charge is 2.23. The average molecular weight is 318 g/mol. The summed E-state index contributed by atoms with van der Waals surface area (Å²) in [6.07, 6.45) is 2.51. The zero-order valence-electron chi connectivity index (χ0n) is 10.8. The van der Waals surface area contributed by atoms with E-state index in [9.17, 15) is 13.6 Å². The molecule has 0 saturated carbocycles. The highest BCUT2D eigenvalue weighted by atomic mass is 35.5. The van der Waals surface area contributed by atoms with Crippen LogP contribution in [0.15, 0.2) is 30.6 Å². The molecule has 0 atom stereocenters. The summed E-state index contributed by atoms with van der Waals surface area (Å²) in [4.78, 5) is 19.1. The molecule has 108 valence electrons. The van der Waals surface area contributed by atoms with Crippen molar-refractivity contribution in [3.8, 4) is 6.07 Å². The van der Waals surface area contributed by atoms with Crippen LogP contribution >= 0.6 is 11.6 Å². The van der Waals surface area contributed by atoms with Gasteiger partial charge in [0.05, 0.1) is 21.7 Å². The lowest BCUT2D eigenvalue weighted by Crippen LogP contribution is -2.07. The van der Waals surface area contributed by atoms with E-state index in [0.29, 0.717) is 0 Å². The molecule has 2 heterocycles. The highest BCUT2D eigenvalue weighted by Crippen LogP contribution is 2.30. The summed E-state index contributed by atoms with van der Waals surface area (Å²) < 4.78 is 27.5. The molecule has 0 unspecified atom stereocenters. The Bertz CT molecular complexity index is 939. The van der Waals surface area contributed by atoms with E-state index in [4.69, 9.17) is 16.9 Å². The molecular formula is C15H6ClF2N3O. The second-order valence-electron chi connectivity index (χ2n) is 4.45. The van der Waals surface area contributed by atoms with E-state index in [1.54, 1.807) is 0 Å². The minimum Gasteiger partial charge on any atom is -0.345 e. The second kappa shape index (κ2) is 5.20. The first-order valence-electron chi connectivity index (χ1n) is 6.09. The number of nitrogens with zero attached hydrogens (tertiary/aromatic N) is 2. The summed E-state index contributed by atoms with van der Waals surface area (Å²) in [6.45, 7) is 0. The van der Waals surface area contributed by atoms with Gasteiger partial charge in [0.1, 0.15) is 23.4 Å². The van der Waals surface area contributed by atoms with Crippen molar-refractivity contribution in [2.75, 3.05) is 0 Å². The van der Waals surface area contributed by atoms with Crippen molar-refractivity contribution in [3.63, 3.8) is 0 Å². The van der Waals surface area contributed by atoms with Crippen molar-refractivity contribution >= 4 is 28.4 Å². The number of fused-ring (bicyclic) bond motifs is 1. The molecule has 7 heteroatoms. The Morgan fingerprint density at radius 3 is 2.64 bits per heavy atom. The maximum absolute atomic E-state index is 13.8. The Morgan fingerprint density at radius 1 is 1.32 bits per heavy atom. The maximum atomic E-state index is 13.8. The van der Waals surface area contributed by atoms with Crippen LogP contribution in [0.1, 0.15) is 21.5 Å². The Kier molecular flexibility index (Phi) is 3.35. The largest absolute Gasteiger partial charge is 0.345 e. The molecule has 0 amide bonds. The van der Waals surface area contributed by atoms with Gasteiger partial charge in [-0.3, -0.25) is 4.79 Å². The lowest BCUT2D eigenvalue weighted by molar-refractivity contribution is 0.103. The van der Waals surface area contributed by atoms with E-state index in [0.717, 1.165) is 12.1 Å². The highest BCUT2D eigenvalue weighted by molar-refractivity contribution is 6.38. The summed E-state index contributed by atoms with van der Waals surface area (Å²) in [6, 6.07) is 4.99. The van der Waals surface area contributed by atoms with E-state index < -0.39 is 23.0 Å². The zero-order valence-corrected chi connectivity index (χ0v) is 11.6. The molecule has 3 aromatic rings. The second-order valence-corrected chi connectivity index (χ2v) is 4.83. The Labute approximate surface area is 128 Å². The molecule has 0 saturated heterocycles. The van der Waals surface area contributed by atoms with Gasteiger partial charge in [-0.05, 0) is 12.1 Å². The van der Waals surface area contributed by atoms with Gasteiger partial charge in [-0.2, -0.15) is 5.26 Å². The van der Waals surface area contributed by atoms with Gasteiger partial charge < -0.3 is 4.98 Å². The molecule has 22 heavy (non-hydrogen) atoms. The third-order valence-corrected chi connectivity index (χ3v) is 3.59. The lowest BCUT2D eigenvalue weighted by Gasteiger charge is -2.04. The molecule has 3 rings (SSSR count). The third-order valence-electron chi connectivity index (χ3n) is 3.19. The van der Waals surface area contributed by atoms with Gasteiger partial charge in [0.2, 0.25) is 5.78 Å². The number of aromatic nitrogens is 2. The molecule has 4 nitrogen and oxygen atoms in total. The molecule has 0 spiro atoms. The number of carbonyl (C=O) groups is 1. The van der Waals surface area contributed by atoms with E-state index in [1.165, 1.54) is 18.5 Å². The minimum absolute atomic E-state index is 0.00819.